The van der Waals surface area contributed by atoms with E-state index in [4.69, 9.17) is 9.73 Å². The second-order valence-electron chi connectivity index (χ2n) is 5.13. The van der Waals surface area contributed by atoms with E-state index in [1.807, 2.05) is 25.1 Å². The normalized spacial score (nSPS) is 11.9. The highest BCUT2D eigenvalue weighted by Crippen LogP contribution is 2.37. The Morgan fingerprint density at radius 3 is 2.65 bits per heavy atom. The molecule has 1 aliphatic rings. The van der Waals surface area contributed by atoms with E-state index >= 15 is 0 Å². The molecular formula is C17H18N2O. The molecule has 0 fully saturated rings. The van der Waals surface area contributed by atoms with E-state index in [0.29, 0.717) is 0 Å². The van der Waals surface area contributed by atoms with Gasteiger partial charge in [-0.05, 0) is 55.3 Å². The fraction of sp³-hybridized carbons (Fsp3) is 0.235. The Kier molecular flexibility index (Phi) is 2.97. The number of fused-ring (bicyclic) bond motifs is 2. The molecule has 1 heterocycles. The van der Waals surface area contributed by atoms with Gasteiger partial charge in [0.25, 0.3) is 0 Å². The van der Waals surface area contributed by atoms with Crippen molar-refractivity contribution < 1.29 is 4.74 Å². The van der Waals surface area contributed by atoms with Crippen LogP contribution < -0.4 is 20.6 Å². The summed E-state index contributed by atoms with van der Waals surface area (Å²) in [6.07, 6.45) is 0. The number of hydrogen-bond donors (Lipinski definition) is 1. The van der Waals surface area contributed by atoms with Crippen molar-refractivity contribution in [2.24, 2.45) is 4.99 Å². The number of hydrogen-bond acceptors (Lipinski definition) is 3. The quantitative estimate of drug-likeness (QED) is 0.772. The van der Waals surface area contributed by atoms with E-state index in [-0.39, 0.29) is 0 Å². The molecule has 1 N–H and O–H groups in total. The van der Waals surface area contributed by atoms with Crippen LogP contribution in [0.1, 0.15) is 18.1 Å². The smallest absolute Gasteiger partial charge is 0.155 e. The summed E-state index contributed by atoms with van der Waals surface area (Å²) in [5, 5.41) is 5.18. The van der Waals surface area contributed by atoms with Gasteiger partial charge in [0.2, 0.25) is 0 Å². The van der Waals surface area contributed by atoms with Gasteiger partial charge in [0, 0.05) is 18.3 Å². The Balaban J connectivity index is 2.18. The second-order valence-corrected chi connectivity index (χ2v) is 5.13. The summed E-state index contributed by atoms with van der Waals surface area (Å²) >= 11 is 0. The molecule has 0 bridgehead atoms. The van der Waals surface area contributed by atoms with Crippen molar-refractivity contribution in [1.82, 2.24) is 0 Å². The number of aryl methyl sites for hydroxylation is 2. The van der Waals surface area contributed by atoms with Crippen LogP contribution in [0.4, 0.5) is 11.4 Å². The first-order valence-electron chi connectivity index (χ1n) is 6.83. The van der Waals surface area contributed by atoms with Gasteiger partial charge in [-0.25, -0.2) is 4.99 Å². The fourth-order valence-corrected chi connectivity index (χ4v) is 2.36. The lowest BCUT2D eigenvalue weighted by Gasteiger charge is -2.17. The van der Waals surface area contributed by atoms with Crippen molar-refractivity contribution in [1.29, 1.82) is 0 Å². The molecule has 3 heteroatoms. The number of anilines is 1. The zero-order chi connectivity index (χ0) is 14.3. The molecule has 0 aromatic heterocycles. The average Bonchev–Trinajstić information content (AvgIpc) is 2.40. The minimum Gasteiger partial charge on any atom is -0.453 e. The molecule has 0 saturated carbocycles. The zero-order valence-corrected chi connectivity index (χ0v) is 12.1. The number of nitrogens with one attached hydrogen (secondary N) is 1. The Morgan fingerprint density at radius 2 is 1.90 bits per heavy atom. The van der Waals surface area contributed by atoms with E-state index in [0.717, 1.165) is 45.6 Å². The van der Waals surface area contributed by atoms with Crippen LogP contribution in [0.5, 0.6) is 11.5 Å². The predicted octanol–water partition coefficient (Wildman–Crippen LogP) is 3.20. The molecule has 0 spiro atoms. The van der Waals surface area contributed by atoms with Gasteiger partial charge in [-0.15, -0.1) is 0 Å². The van der Waals surface area contributed by atoms with Gasteiger partial charge in [0.1, 0.15) is 11.0 Å². The highest BCUT2D eigenvalue weighted by Gasteiger charge is 2.14. The molecule has 0 amide bonds. The van der Waals surface area contributed by atoms with Crippen LogP contribution in [-0.2, 0) is 0 Å². The van der Waals surface area contributed by atoms with Crippen LogP contribution >= 0.6 is 0 Å². The number of rotatable bonds is 2. The molecule has 0 unspecified atom stereocenters. The first-order chi connectivity index (χ1) is 9.58. The van der Waals surface area contributed by atoms with Crippen LogP contribution in [0.2, 0.25) is 0 Å². The van der Waals surface area contributed by atoms with Gasteiger partial charge >= 0.3 is 0 Å². The SMILES string of the molecule is C=c1cc2c(cc1C)=Nc1cc(C)c(NCC)cc1O2. The summed E-state index contributed by atoms with van der Waals surface area (Å²) in [5.41, 5.74) is 4.27. The summed E-state index contributed by atoms with van der Waals surface area (Å²) in [5.74, 6) is 1.57. The Bertz CT molecular complexity index is 794. The number of ether oxygens (including phenoxy) is 1. The van der Waals surface area contributed by atoms with Crippen LogP contribution in [-0.4, -0.2) is 6.54 Å². The maximum absolute atomic E-state index is 5.98. The third kappa shape index (κ3) is 2.05. The highest BCUT2D eigenvalue weighted by atomic mass is 16.5. The molecule has 2 aromatic carbocycles. The summed E-state index contributed by atoms with van der Waals surface area (Å²) in [6, 6.07) is 8.05. The predicted molar refractivity (Wildman–Crippen MR) is 82.6 cm³/mol. The summed E-state index contributed by atoms with van der Waals surface area (Å²) in [7, 11) is 0. The Labute approximate surface area is 118 Å². The molecule has 0 atom stereocenters. The lowest BCUT2D eigenvalue weighted by molar-refractivity contribution is 0.469. The second kappa shape index (κ2) is 4.67. The van der Waals surface area contributed by atoms with Crippen LogP contribution in [0.25, 0.3) is 6.58 Å². The topological polar surface area (TPSA) is 33.6 Å². The van der Waals surface area contributed by atoms with Gasteiger partial charge < -0.3 is 10.1 Å². The zero-order valence-electron chi connectivity index (χ0n) is 12.1. The summed E-state index contributed by atoms with van der Waals surface area (Å²) in [4.78, 5) is 4.69. The maximum Gasteiger partial charge on any atom is 0.155 e. The number of benzene rings is 2. The largest absolute Gasteiger partial charge is 0.453 e. The van der Waals surface area contributed by atoms with Gasteiger partial charge in [-0.2, -0.15) is 0 Å². The molecule has 102 valence electrons. The minimum absolute atomic E-state index is 0.777. The van der Waals surface area contributed by atoms with Crippen molar-refractivity contribution >= 4 is 18.0 Å². The third-order valence-electron chi connectivity index (χ3n) is 3.55. The molecule has 3 rings (SSSR count). The van der Waals surface area contributed by atoms with Gasteiger partial charge in [-0.3, -0.25) is 0 Å². The molecule has 1 aliphatic heterocycles. The van der Waals surface area contributed by atoms with Crippen LogP contribution in [0, 0.1) is 13.8 Å². The van der Waals surface area contributed by atoms with E-state index in [1.165, 1.54) is 5.56 Å². The van der Waals surface area contributed by atoms with E-state index in [9.17, 15) is 0 Å². The van der Waals surface area contributed by atoms with Crippen molar-refractivity contribution in [3.8, 4) is 11.5 Å². The lowest BCUT2D eigenvalue weighted by Crippen LogP contribution is -2.16. The Morgan fingerprint density at radius 1 is 1.10 bits per heavy atom. The fourth-order valence-electron chi connectivity index (χ4n) is 2.36. The lowest BCUT2D eigenvalue weighted by atomic mass is 10.1. The summed E-state index contributed by atoms with van der Waals surface area (Å²) in [6.45, 7) is 11.1. The molecule has 0 aliphatic carbocycles. The van der Waals surface area contributed by atoms with E-state index < -0.39 is 0 Å². The molecule has 3 nitrogen and oxygen atoms in total. The molecule has 20 heavy (non-hydrogen) atoms. The maximum atomic E-state index is 5.98. The van der Waals surface area contributed by atoms with Crippen molar-refractivity contribution in [2.45, 2.75) is 20.8 Å². The monoisotopic (exact) mass is 266 g/mol. The van der Waals surface area contributed by atoms with Crippen molar-refractivity contribution in [2.75, 3.05) is 11.9 Å². The summed E-state index contributed by atoms with van der Waals surface area (Å²) < 4.78 is 5.98. The minimum atomic E-state index is 0.777. The van der Waals surface area contributed by atoms with Crippen molar-refractivity contribution in [3.05, 3.63) is 46.0 Å². The standard InChI is InChI=1S/C17H18N2O/c1-5-18-13-9-17-15(7-12(13)4)19-14-6-10(2)11(3)8-16(14)20-17/h6-9,18H,3,5H2,1-2,4H3. The van der Waals surface area contributed by atoms with Gasteiger partial charge in [-0.1, -0.05) is 6.58 Å². The molecule has 0 saturated heterocycles. The first-order valence-corrected chi connectivity index (χ1v) is 6.83. The third-order valence-corrected chi connectivity index (χ3v) is 3.55. The molecule has 2 aromatic rings. The van der Waals surface area contributed by atoms with E-state index in [1.54, 1.807) is 0 Å². The van der Waals surface area contributed by atoms with Crippen molar-refractivity contribution in [3.63, 3.8) is 0 Å². The average molecular weight is 266 g/mol. The molecule has 0 radical (unpaired) electrons. The first kappa shape index (κ1) is 12.7. The van der Waals surface area contributed by atoms with E-state index in [2.05, 4.69) is 31.8 Å². The van der Waals surface area contributed by atoms with Crippen LogP contribution in [0.15, 0.2) is 29.3 Å². The molecular weight excluding hydrogens is 248 g/mol. The van der Waals surface area contributed by atoms with Gasteiger partial charge in [0.15, 0.2) is 11.5 Å². The Hall–Kier alpha value is -2.29. The number of nitrogens with zero attached hydrogens (tertiary/aromatic N) is 1. The van der Waals surface area contributed by atoms with Crippen LogP contribution in [0.3, 0.4) is 0 Å². The van der Waals surface area contributed by atoms with Gasteiger partial charge in [0.05, 0.1) is 0 Å². The highest BCUT2D eigenvalue weighted by molar-refractivity contribution is 5.67.